The van der Waals surface area contributed by atoms with Crippen LogP contribution in [0.5, 0.6) is 11.5 Å². The molecule has 7 nitrogen and oxygen atoms in total. The van der Waals surface area contributed by atoms with Crippen molar-refractivity contribution >= 4 is 29.3 Å². The smallest absolute Gasteiger partial charge is 0.276 e. The van der Waals surface area contributed by atoms with Crippen molar-refractivity contribution in [3.63, 3.8) is 0 Å². The van der Waals surface area contributed by atoms with E-state index in [-0.39, 0.29) is 12.7 Å². The zero-order valence-corrected chi connectivity index (χ0v) is 16.2. The number of fused-ring (bicyclic) bond motifs is 1. The Morgan fingerprint density at radius 3 is 2.74 bits per heavy atom. The number of carbonyl (C=O) groups excluding carboxylic acids is 1. The molecule has 2 saturated heterocycles. The fraction of sp³-hybridized carbons (Fsp3) is 0.474. The molecule has 0 saturated carbocycles. The number of nitrogens with zero attached hydrogens (tertiary/aromatic N) is 3. The highest BCUT2D eigenvalue weighted by Crippen LogP contribution is 2.33. The molecule has 1 aromatic carbocycles. The van der Waals surface area contributed by atoms with Crippen LogP contribution in [0, 0.1) is 0 Å². The van der Waals surface area contributed by atoms with Crippen molar-refractivity contribution in [2.75, 3.05) is 53.2 Å². The van der Waals surface area contributed by atoms with Gasteiger partial charge in [-0.05, 0) is 42.4 Å². The lowest BCUT2D eigenvalue weighted by molar-refractivity contribution is -0.122. The monoisotopic (exact) mass is 389 g/mol. The van der Waals surface area contributed by atoms with Crippen LogP contribution in [0.3, 0.4) is 0 Å². The number of carbonyl (C=O) groups is 1. The van der Waals surface area contributed by atoms with Gasteiger partial charge in [0.15, 0.2) is 16.6 Å². The van der Waals surface area contributed by atoms with Gasteiger partial charge in [-0.2, -0.15) is 0 Å². The zero-order chi connectivity index (χ0) is 18.8. The number of amides is 1. The molecular weight excluding hydrogens is 366 g/mol. The first-order valence-electron chi connectivity index (χ1n) is 9.14. The Morgan fingerprint density at radius 2 is 1.93 bits per heavy atom. The number of thiocarbonyl (C=S) groups is 1. The molecule has 0 radical (unpaired) electrons. The average Bonchev–Trinajstić information content (AvgIpc) is 3.23. The van der Waals surface area contributed by atoms with Gasteiger partial charge < -0.3 is 19.1 Å². The number of ether oxygens (including phenoxy) is 3. The highest BCUT2D eigenvalue weighted by molar-refractivity contribution is 7.80. The summed E-state index contributed by atoms with van der Waals surface area (Å²) in [6.07, 6.45) is 2.73. The Bertz CT molecular complexity index is 776. The molecule has 3 aliphatic rings. The van der Waals surface area contributed by atoms with Crippen molar-refractivity contribution in [3.05, 3.63) is 29.5 Å². The second-order valence-electron chi connectivity index (χ2n) is 6.75. The van der Waals surface area contributed by atoms with Gasteiger partial charge in [-0.25, -0.2) is 0 Å². The van der Waals surface area contributed by atoms with Crippen LogP contribution in [-0.4, -0.2) is 79.0 Å². The van der Waals surface area contributed by atoms with Crippen molar-refractivity contribution in [1.82, 2.24) is 14.7 Å². The summed E-state index contributed by atoms with van der Waals surface area (Å²) < 4.78 is 16.1. The molecule has 0 atom stereocenters. The molecule has 1 aromatic rings. The lowest BCUT2D eigenvalue weighted by atomic mass is 10.1. The molecule has 0 N–H and O–H groups in total. The number of hydrogen-bond donors (Lipinski definition) is 0. The molecule has 144 valence electrons. The fourth-order valence-electron chi connectivity index (χ4n) is 3.45. The minimum atomic E-state index is -0.0536. The lowest BCUT2D eigenvalue weighted by Crippen LogP contribution is -2.39. The van der Waals surface area contributed by atoms with Crippen molar-refractivity contribution in [1.29, 1.82) is 0 Å². The maximum atomic E-state index is 12.9. The van der Waals surface area contributed by atoms with E-state index in [1.807, 2.05) is 31.3 Å². The van der Waals surface area contributed by atoms with Gasteiger partial charge in [0, 0.05) is 33.2 Å². The predicted molar refractivity (Wildman–Crippen MR) is 104 cm³/mol. The van der Waals surface area contributed by atoms with Gasteiger partial charge >= 0.3 is 0 Å². The standard InChI is InChI=1S/C19H23N3O4S/c1-20-15(11-14-3-4-16-17(12-14)26-13-25-16)18(23)22(19(20)27)6-2-5-21-7-9-24-10-8-21/h3-4,11-12H,2,5-10,13H2,1H3/b15-11+. The van der Waals surface area contributed by atoms with E-state index < -0.39 is 0 Å². The van der Waals surface area contributed by atoms with Gasteiger partial charge in [0.05, 0.1) is 13.2 Å². The van der Waals surface area contributed by atoms with E-state index in [9.17, 15) is 4.79 Å². The van der Waals surface area contributed by atoms with Gasteiger partial charge in [0.25, 0.3) is 5.91 Å². The summed E-state index contributed by atoms with van der Waals surface area (Å²) in [7, 11) is 1.83. The summed E-state index contributed by atoms with van der Waals surface area (Å²) >= 11 is 5.49. The van der Waals surface area contributed by atoms with E-state index in [1.54, 1.807) is 9.80 Å². The Hall–Kier alpha value is -2.16. The van der Waals surface area contributed by atoms with Crippen LogP contribution in [0.1, 0.15) is 12.0 Å². The van der Waals surface area contributed by atoms with Gasteiger partial charge in [0.1, 0.15) is 5.70 Å². The maximum Gasteiger partial charge on any atom is 0.276 e. The molecule has 0 spiro atoms. The molecule has 2 fully saturated rings. The van der Waals surface area contributed by atoms with E-state index in [0.29, 0.717) is 23.1 Å². The third kappa shape index (κ3) is 3.78. The minimum Gasteiger partial charge on any atom is -0.454 e. The second kappa shape index (κ2) is 7.84. The maximum absolute atomic E-state index is 12.9. The van der Waals surface area contributed by atoms with Gasteiger partial charge in [0.2, 0.25) is 6.79 Å². The zero-order valence-electron chi connectivity index (χ0n) is 15.3. The average molecular weight is 389 g/mol. The molecule has 4 rings (SSSR count). The normalized spacial score (nSPS) is 21.6. The first kappa shape index (κ1) is 18.2. The SMILES string of the molecule is CN1C(=S)N(CCCN2CCOCC2)C(=O)/C1=C\c1ccc2c(c1)OCO2. The molecule has 27 heavy (non-hydrogen) atoms. The summed E-state index contributed by atoms with van der Waals surface area (Å²) in [5, 5.41) is 0.550. The highest BCUT2D eigenvalue weighted by atomic mass is 32.1. The van der Waals surface area contributed by atoms with E-state index in [0.717, 1.165) is 50.6 Å². The molecule has 0 aliphatic carbocycles. The van der Waals surface area contributed by atoms with Gasteiger partial charge in [-0.15, -0.1) is 0 Å². The third-order valence-corrected chi connectivity index (χ3v) is 5.50. The quantitative estimate of drug-likeness (QED) is 0.559. The predicted octanol–water partition coefficient (Wildman–Crippen LogP) is 1.54. The number of morpholine rings is 1. The van der Waals surface area contributed by atoms with Crippen molar-refractivity contribution in [2.45, 2.75) is 6.42 Å². The van der Waals surface area contributed by atoms with Crippen LogP contribution in [0.4, 0.5) is 0 Å². The summed E-state index contributed by atoms with van der Waals surface area (Å²) in [6, 6.07) is 5.64. The molecule has 1 amide bonds. The van der Waals surface area contributed by atoms with Crippen molar-refractivity contribution < 1.29 is 19.0 Å². The molecule has 3 heterocycles. The van der Waals surface area contributed by atoms with Crippen molar-refractivity contribution in [3.8, 4) is 11.5 Å². The highest BCUT2D eigenvalue weighted by Gasteiger charge is 2.35. The van der Waals surface area contributed by atoms with Crippen LogP contribution < -0.4 is 9.47 Å². The topological polar surface area (TPSA) is 54.5 Å². The lowest BCUT2D eigenvalue weighted by Gasteiger charge is -2.27. The van der Waals surface area contributed by atoms with E-state index >= 15 is 0 Å². The van der Waals surface area contributed by atoms with Crippen LogP contribution >= 0.6 is 12.2 Å². The van der Waals surface area contributed by atoms with Crippen molar-refractivity contribution in [2.24, 2.45) is 0 Å². The van der Waals surface area contributed by atoms with Gasteiger partial charge in [-0.1, -0.05) is 6.07 Å². The molecule has 3 aliphatic heterocycles. The third-order valence-electron chi connectivity index (χ3n) is 5.00. The van der Waals surface area contributed by atoms with Crippen LogP contribution in [0.25, 0.3) is 6.08 Å². The number of hydrogen-bond acceptors (Lipinski definition) is 6. The summed E-state index contributed by atoms with van der Waals surface area (Å²) in [5.41, 5.74) is 1.46. The number of benzene rings is 1. The minimum absolute atomic E-state index is 0.0536. The molecular formula is C19H23N3O4S. The molecule has 0 aromatic heterocycles. The van der Waals surface area contributed by atoms with E-state index in [1.165, 1.54) is 0 Å². The fourth-order valence-corrected chi connectivity index (χ4v) is 3.72. The second-order valence-corrected chi connectivity index (χ2v) is 7.11. The Kier molecular flexibility index (Phi) is 5.29. The molecule has 8 heteroatoms. The number of likely N-dealkylation sites (N-methyl/N-ethyl adjacent to an activating group) is 1. The summed E-state index contributed by atoms with van der Waals surface area (Å²) in [6.45, 7) is 5.27. The number of rotatable bonds is 5. The molecule has 0 unspecified atom stereocenters. The van der Waals surface area contributed by atoms with E-state index in [4.69, 9.17) is 26.4 Å². The van der Waals surface area contributed by atoms with E-state index in [2.05, 4.69) is 4.90 Å². The molecule has 0 bridgehead atoms. The summed E-state index contributed by atoms with van der Waals surface area (Å²) in [5.74, 6) is 1.37. The van der Waals surface area contributed by atoms with Crippen LogP contribution in [0.2, 0.25) is 0 Å². The Morgan fingerprint density at radius 1 is 1.15 bits per heavy atom. The largest absolute Gasteiger partial charge is 0.454 e. The summed E-state index contributed by atoms with van der Waals surface area (Å²) in [4.78, 5) is 18.7. The first-order valence-corrected chi connectivity index (χ1v) is 9.55. The Balaban J connectivity index is 1.42. The van der Waals surface area contributed by atoms with Crippen LogP contribution in [-0.2, 0) is 9.53 Å². The Labute approximate surface area is 164 Å². The van der Waals surface area contributed by atoms with Crippen LogP contribution in [0.15, 0.2) is 23.9 Å². The first-order chi connectivity index (χ1) is 13.1. The van der Waals surface area contributed by atoms with Gasteiger partial charge in [-0.3, -0.25) is 14.6 Å².